The molecule has 6 rings (SSSR count). The lowest BCUT2D eigenvalue weighted by Crippen LogP contribution is -2.32. The van der Waals surface area contributed by atoms with Crippen LogP contribution in [0.3, 0.4) is 0 Å². The minimum Gasteiger partial charge on any atom is -0.201 e. The van der Waals surface area contributed by atoms with Crippen LogP contribution in [0.1, 0.15) is 47.6 Å². The molecule has 1 nitrogen and oxygen atoms in total. The maximum atomic E-state index is 2.47. The average molecular weight is 403 g/mol. The van der Waals surface area contributed by atoms with E-state index in [1.807, 2.05) is 0 Å². The highest BCUT2D eigenvalue weighted by Crippen LogP contribution is 2.46. The van der Waals surface area contributed by atoms with Gasteiger partial charge in [0.25, 0.3) is 0 Å². The summed E-state index contributed by atoms with van der Waals surface area (Å²) in [5.41, 5.74) is 9.89. The Morgan fingerprint density at radius 2 is 1.52 bits per heavy atom. The van der Waals surface area contributed by atoms with Gasteiger partial charge in [0, 0.05) is 17.2 Å². The van der Waals surface area contributed by atoms with Crippen molar-refractivity contribution < 1.29 is 4.57 Å². The van der Waals surface area contributed by atoms with Crippen molar-refractivity contribution in [2.45, 2.75) is 40.0 Å². The second kappa shape index (κ2) is 6.40. The Hall–Kier alpha value is -3.19. The van der Waals surface area contributed by atoms with Crippen molar-refractivity contribution in [2.75, 3.05) is 0 Å². The van der Waals surface area contributed by atoms with E-state index in [2.05, 4.69) is 100 Å². The van der Waals surface area contributed by atoms with Crippen LogP contribution in [0.4, 0.5) is 0 Å². The summed E-state index contributed by atoms with van der Waals surface area (Å²) in [6, 6.07) is 20.7. The fourth-order valence-corrected chi connectivity index (χ4v) is 5.92. The van der Waals surface area contributed by atoms with Gasteiger partial charge in [0.1, 0.15) is 7.05 Å². The highest BCUT2D eigenvalue weighted by atomic mass is 14.9. The highest BCUT2D eigenvalue weighted by molar-refractivity contribution is 6.29. The molecule has 0 fully saturated rings. The van der Waals surface area contributed by atoms with Crippen LogP contribution in [0.15, 0.2) is 60.8 Å². The van der Waals surface area contributed by atoms with Gasteiger partial charge in [0.05, 0.1) is 0 Å². The molecule has 0 saturated carbocycles. The summed E-state index contributed by atoms with van der Waals surface area (Å²) in [4.78, 5) is 0. The van der Waals surface area contributed by atoms with Crippen molar-refractivity contribution in [1.29, 1.82) is 0 Å². The topological polar surface area (TPSA) is 3.88 Å². The summed E-state index contributed by atoms with van der Waals surface area (Å²) in [7, 11) is 2.19. The number of nitrogens with zero attached hydrogens (tertiary/aromatic N) is 1. The molecule has 1 aromatic heterocycles. The van der Waals surface area contributed by atoms with Crippen LogP contribution in [-0.4, -0.2) is 0 Å². The molecule has 1 heterocycles. The summed E-state index contributed by atoms with van der Waals surface area (Å²) in [6.45, 7) is 9.14. The maximum Gasteiger partial charge on any atom is 0.212 e. The Morgan fingerprint density at radius 3 is 2.26 bits per heavy atom. The molecule has 0 spiro atoms. The molecular weight excluding hydrogens is 374 g/mol. The first-order valence-electron chi connectivity index (χ1n) is 11.3. The number of aromatic nitrogens is 1. The smallest absolute Gasteiger partial charge is 0.201 e. The SMILES string of the molecule is Cc1c[n+](C)c(-c2cc3c4ccccc4c4cccc5c4c3c(c2C)C5)cc1C(C)C. The van der Waals surface area contributed by atoms with E-state index in [4.69, 9.17) is 0 Å². The van der Waals surface area contributed by atoms with Gasteiger partial charge in [-0.2, -0.15) is 0 Å². The van der Waals surface area contributed by atoms with E-state index in [9.17, 15) is 0 Å². The lowest BCUT2D eigenvalue weighted by Gasteiger charge is -2.16. The van der Waals surface area contributed by atoms with Crippen LogP contribution < -0.4 is 4.57 Å². The summed E-state index contributed by atoms with van der Waals surface area (Å²) < 4.78 is 2.31. The number of hydrogen-bond donors (Lipinski definition) is 0. The van der Waals surface area contributed by atoms with Gasteiger partial charge in [-0.25, -0.2) is 4.57 Å². The lowest BCUT2D eigenvalue weighted by molar-refractivity contribution is -0.660. The number of pyridine rings is 1. The Morgan fingerprint density at radius 1 is 0.806 bits per heavy atom. The second-order valence-electron chi connectivity index (χ2n) is 9.57. The number of rotatable bonds is 2. The zero-order valence-electron chi connectivity index (χ0n) is 19.0. The van der Waals surface area contributed by atoms with Gasteiger partial charge in [0.15, 0.2) is 6.20 Å². The third-order valence-electron chi connectivity index (χ3n) is 7.40. The number of aryl methyl sites for hydroxylation is 2. The molecule has 4 aromatic carbocycles. The van der Waals surface area contributed by atoms with E-state index in [-0.39, 0.29) is 0 Å². The Balaban J connectivity index is 1.79. The molecule has 31 heavy (non-hydrogen) atoms. The predicted molar refractivity (Wildman–Crippen MR) is 132 cm³/mol. The molecule has 0 radical (unpaired) electrons. The molecule has 0 atom stereocenters. The number of benzene rings is 4. The van der Waals surface area contributed by atoms with Crippen molar-refractivity contribution in [1.82, 2.24) is 0 Å². The Kier molecular flexibility index (Phi) is 3.84. The molecule has 1 heteroatoms. The molecule has 0 N–H and O–H groups in total. The molecule has 0 bridgehead atoms. The molecule has 0 unspecified atom stereocenters. The van der Waals surface area contributed by atoms with Crippen LogP contribution in [0.25, 0.3) is 43.6 Å². The monoisotopic (exact) mass is 402 g/mol. The van der Waals surface area contributed by atoms with E-state index in [0.29, 0.717) is 5.92 Å². The van der Waals surface area contributed by atoms with E-state index in [0.717, 1.165) is 6.42 Å². The molecule has 5 aromatic rings. The van der Waals surface area contributed by atoms with Crippen molar-refractivity contribution in [2.24, 2.45) is 7.05 Å². The molecule has 0 amide bonds. The zero-order valence-corrected chi connectivity index (χ0v) is 19.0. The predicted octanol–water partition coefficient (Wildman–Crippen LogP) is 7.28. The van der Waals surface area contributed by atoms with Crippen molar-refractivity contribution in [3.63, 3.8) is 0 Å². The van der Waals surface area contributed by atoms with Gasteiger partial charge in [-0.1, -0.05) is 56.3 Å². The normalized spacial score (nSPS) is 12.8. The first kappa shape index (κ1) is 18.6. The number of fused-ring (bicyclic) bond motifs is 3. The first-order chi connectivity index (χ1) is 15.0. The standard InChI is InChI=1S/C30H28N/c1-17(2)24-15-28(31(5)16-18(24)3)25-14-27-22-11-7-6-10-21(22)23-12-8-9-20-13-26(19(25)4)30(27)29(20)23/h6-12,14-17H,13H2,1-5H3/q+1. The van der Waals surface area contributed by atoms with Gasteiger partial charge in [-0.3, -0.25) is 0 Å². The van der Waals surface area contributed by atoms with Crippen molar-refractivity contribution in [3.8, 4) is 11.3 Å². The largest absolute Gasteiger partial charge is 0.212 e. The van der Waals surface area contributed by atoms with Crippen LogP contribution in [0.2, 0.25) is 0 Å². The van der Waals surface area contributed by atoms with E-state index < -0.39 is 0 Å². The highest BCUT2D eigenvalue weighted by Gasteiger charge is 2.26. The van der Waals surface area contributed by atoms with Gasteiger partial charge in [0.2, 0.25) is 5.69 Å². The van der Waals surface area contributed by atoms with Gasteiger partial charge >= 0.3 is 0 Å². The van der Waals surface area contributed by atoms with Crippen molar-refractivity contribution in [3.05, 3.63) is 88.6 Å². The molecule has 1 aliphatic rings. The van der Waals surface area contributed by atoms with E-state index in [1.54, 1.807) is 0 Å². The fraction of sp³-hybridized carbons (Fsp3) is 0.233. The summed E-state index contributed by atoms with van der Waals surface area (Å²) in [6.07, 6.45) is 3.33. The average Bonchev–Trinajstić information content (AvgIpc) is 3.15. The number of hydrogen-bond acceptors (Lipinski definition) is 0. The van der Waals surface area contributed by atoms with E-state index in [1.165, 1.54) is 71.4 Å². The van der Waals surface area contributed by atoms with Gasteiger partial charge in [-0.15, -0.1) is 0 Å². The third kappa shape index (κ3) is 2.47. The Bertz CT molecular complexity index is 1550. The molecule has 0 aliphatic heterocycles. The zero-order chi connectivity index (χ0) is 21.4. The summed E-state index contributed by atoms with van der Waals surface area (Å²) >= 11 is 0. The van der Waals surface area contributed by atoms with E-state index >= 15 is 0 Å². The van der Waals surface area contributed by atoms with Crippen LogP contribution in [-0.2, 0) is 13.5 Å². The minimum atomic E-state index is 0.514. The lowest BCUT2D eigenvalue weighted by atomic mass is 9.89. The molecule has 0 saturated heterocycles. The third-order valence-corrected chi connectivity index (χ3v) is 7.40. The minimum absolute atomic E-state index is 0.514. The maximum absolute atomic E-state index is 2.47. The van der Waals surface area contributed by atoms with Gasteiger partial charge < -0.3 is 0 Å². The fourth-order valence-electron chi connectivity index (χ4n) is 5.92. The quantitative estimate of drug-likeness (QED) is 0.212. The van der Waals surface area contributed by atoms with Crippen LogP contribution >= 0.6 is 0 Å². The summed E-state index contributed by atoms with van der Waals surface area (Å²) in [5.74, 6) is 0.514. The van der Waals surface area contributed by atoms with Crippen LogP contribution in [0.5, 0.6) is 0 Å². The van der Waals surface area contributed by atoms with Crippen LogP contribution in [0, 0.1) is 13.8 Å². The molecule has 1 aliphatic carbocycles. The second-order valence-corrected chi connectivity index (χ2v) is 9.57. The first-order valence-corrected chi connectivity index (χ1v) is 11.3. The Labute approximate surface area is 184 Å². The van der Waals surface area contributed by atoms with Crippen molar-refractivity contribution >= 4 is 32.3 Å². The van der Waals surface area contributed by atoms with Gasteiger partial charge in [-0.05, 0) is 86.8 Å². The molecular formula is C30H28N+. The molecule has 152 valence electrons. The summed E-state index contributed by atoms with van der Waals surface area (Å²) in [5, 5.41) is 8.47.